The van der Waals surface area contributed by atoms with Gasteiger partial charge in [-0.25, -0.2) is 4.98 Å². The average Bonchev–Trinajstić information content (AvgIpc) is 2.89. The lowest BCUT2D eigenvalue weighted by Gasteiger charge is -2.38. The molecule has 2 heterocycles. The molecule has 0 spiro atoms. The van der Waals surface area contributed by atoms with Crippen LogP contribution < -0.4 is 10.6 Å². The molecule has 1 aliphatic rings. The lowest BCUT2D eigenvalue weighted by Crippen LogP contribution is -2.34. The maximum absolute atomic E-state index is 10.8. The molecule has 0 saturated heterocycles. The number of nitrogens with one attached hydrogen (secondary N) is 2. The zero-order valence-corrected chi connectivity index (χ0v) is 16.7. The predicted octanol–water partition coefficient (Wildman–Crippen LogP) is 3.99. The van der Waals surface area contributed by atoms with Crippen LogP contribution in [0.25, 0.3) is 0 Å². The van der Waals surface area contributed by atoms with Crippen molar-refractivity contribution in [3.05, 3.63) is 53.0 Å². The van der Waals surface area contributed by atoms with Crippen molar-refractivity contribution < 1.29 is 5.11 Å². The molecular weight excluding hydrogens is 352 g/mol. The van der Waals surface area contributed by atoms with Crippen molar-refractivity contribution in [1.82, 2.24) is 19.7 Å². The molecule has 4 rings (SSSR count). The highest BCUT2D eigenvalue weighted by molar-refractivity contribution is 5.66. The first-order chi connectivity index (χ1) is 13.4. The van der Waals surface area contributed by atoms with Crippen LogP contribution in [0.1, 0.15) is 41.8 Å². The van der Waals surface area contributed by atoms with E-state index in [2.05, 4.69) is 25.7 Å². The normalized spacial score (nSPS) is 15.2. The molecule has 3 aromatic rings. The van der Waals surface area contributed by atoms with Gasteiger partial charge in [-0.3, -0.25) is 4.68 Å². The maximum atomic E-state index is 10.8. The van der Waals surface area contributed by atoms with Gasteiger partial charge in [-0.15, -0.1) is 0 Å². The fourth-order valence-corrected chi connectivity index (χ4v) is 3.60. The molecule has 28 heavy (non-hydrogen) atoms. The largest absolute Gasteiger partial charge is 0.385 e. The highest BCUT2D eigenvalue weighted by Crippen LogP contribution is 2.44. The van der Waals surface area contributed by atoms with Gasteiger partial charge in [-0.2, -0.15) is 10.1 Å². The maximum Gasteiger partial charge on any atom is 0.229 e. The zero-order chi connectivity index (χ0) is 19.9. The summed E-state index contributed by atoms with van der Waals surface area (Å²) in [6.45, 7) is 5.93. The summed E-state index contributed by atoms with van der Waals surface area (Å²) in [6, 6.07) is 7.89. The Morgan fingerprint density at radius 1 is 1.11 bits per heavy atom. The van der Waals surface area contributed by atoms with Crippen LogP contribution in [0.2, 0.25) is 0 Å². The number of hydrogen-bond donors (Lipinski definition) is 3. The summed E-state index contributed by atoms with van der Waals surface area (Å²) in [6.07, 6.45) is 4.43. The lowest BCUT2D eigenvalue weighted by atomic mass is 9.74. The van der Waals surface area contributed by atoms with E-state index in [1.165, 1.54) is 0 Å². The third-order valence-electron chi connectivity index (χ3n) is 5.58. The van der Waals surface area contributed by atoms with E-state index in [9.17, 15) is 5.11 Å². The van der Waals surface area contributed by atoms with E-state index < -0.39 is 5.60 Å². The molecule has 1 fully saturated rings. The molecule has 0 amide bonds. The second-order valence-electron chi connectivity index (χ2n) is 7.58. The quantitative estimate of drug-likeness (QED) is 0.622. The Balaban J connectivity index is 1.64. The molecule has 3 N–H and O–H groups in total. The van der Waals surface area contributed by atoms with E-state index in [1.807, 2.05) is 56.8 Å². The Morgan fingerprint density at radius 3 is 2.50 bits per heavy atom. The molecule has 1 aromatic carbocycles. The fourth-order valence-electron chi connectivity index (χ4n) is 3.60. The molecular formula is C21H26N6O. The average molecular weight is 378 g/mol. The van der Waals surface area contributed by atoms with Crippen LogP contribution in [0.3, 0.4) is 0 Å². The first-order valence-electron chi connectivity index (χ1n) is 9.57. The predicted molar refractivity (Wildman–Crippen MR) is 110 cm³/mol. The van der Waals surface area contributed by atoms with Crippen molar-refractivity contribution in [2.45, 2.75) is 45.6 Å². The number of nitrogens with zero attached hydrogens (tertiary/aromatic N) is 4. The van der Waals surface area contributed by atoms with E-state index in [-0.39, 0.29) is 0 Å². The summed E-state index contributed by atoms with van der Waals surface area (Å²) in [7, 11) is 1.92. The van der Waals surface area contributed by atoms with E-state index >= 15 is 0 Å². The van der Waals surface area contributed by atoms with Crippen LogP contribution in [0.15, 0.2) is 30.5 Å². The number of aliphatic hydroxyl groups is 1. The molecule has 0 radical (unpaired) electrons. The van der Waals surface area contributed by atoms with Crippen molar-refractivity contribution >= 4 is 23.1 Å². The van der Waals surface area contributed by atoms with Crippen LogP contribution in [-0.4, -0.2) is 24.9 Å². The monoisotopic (exact) mass is 378 g/mol. The van der Waals surface area contributed by atoms with Crippen LogP contribution in [0.4, 0.5) is 23.1 Å². The first-order valence-corrected chi connectivity index (χ1v) is 9.57. The summed E-state index contributed by atoms with van der Waals surface area (Å²) >= 11 is 0. The van der Waals surface area contributed by atoms with Gasteiger partial charge in [-0.1, -0.05) is 18.2 Å². The smallest absolute Gasteiger partial charge is 0.229 e. The number of aromatic nitrogens is 4. The van der Waals surface area contributed by atoms with Gasteiger partial charge in [0.25, 0.3) is 0 Å². The second-order valence-corrected chi connectivity index (χ2v) is 7.58. The SMILES string of the molecule is Cc1cnc(Nc2c(C)nn(C)c2C)nc1Nc1ccccc1C1(O)CCC1. The van der Waals surface area contributed by atoms with Gasteiger partial charge in [0.1, 0.15) is 5.82 Å². The number of anilines is 4. The van der Waals surface area contributed by atoms with Gasteiger partial charge in [0.05, 0.1) is 22.7 Å². The molecule has 1 saturated carbocycles. The third-order valence-corrected chi connectivity index (χ3v) is 5.58. The topological polar surface area (TPSA) is 87.9 Å². The Kier molecular flexibility index (Phi) is 4.55. The molecule has 0 unspecified atom stereocenters. The van der Waals surface area contributed by atoms with Crippen LogP contribution in [0, 0.1) is 20.8 Å². The molecule has 7 heteroatoms. The van der Waals surface area contributed by atoms with E-state index in [4.69, 9.17) is 0 Å². The number of hydrogen-bond acceptors (Lipinski definition) is 6. The second kappa shape index (κ2) is 6.91. The van der Waals surface area contributed by atoms with Gasteiger partial charge in [-0.05, 0) is 46.1 Å². The Labute approximate surface area is 164 Å². The van der Waals surface area contributed by atoms with E-state index in [1.54, 1.807) is 6.20 Å². The van der Waals surface area contributed by atoms with Crippen LogP contribution in [-0.2, 0) is 12.6 Å². The summed E-state index contributed by atoms with van der Waals surface area (Å²) < 4.78 is 1.83. The summed E-state index contributed by atoms with van der Waals surface area (Å²) in [5, 5.41) is 21.9. The van der Waals surface area contributed by atoms with Crippen molar-refractivity contribution in [2.24, 2.45) is 7.05 Å². The van der Waals surface area contributed by atoms with Crippen LogP contribution in [0.5, 0.6) is 0 Å². The Morgan fingerprint density at radius 2 is 1.86 bits per heavy atom. The number of benzene rings is 1. The van der Waals surface area contributed by atoms with Gasteiger partial charge < -0.3 is 15.7 Å². The number of para-hydroxylation sites is 1. The minimum Gasteiger partial charge on any atom is -0.385 e. The molecule has 7 nitrogen and oxygen atoms in total. The fraction of sp³-hybridized carbons (Fsp3) is 0.381. The molecule has 0 bridgehead atoms. The molecule has 0 atom stereocenters. The van der Waals surface area contributed by atoms with E-state index in [0.29, 0.717) is 11.8 Å². The summed E-state index contributed by atoms with van der Waals surface area (Å²) in [5.74, 6) is 1.22. The minimum atomic E-state index is -0.741. The first kappa shape index (κ1) is 18.4. The minimum absolute atomic E-state index is 0.507. The van der Waals surface area contributed by atoms with Crippen molar-refractivity contribution in [2.75, 3.05) is 10.6 Å². The molecule has 2 aromatic heterocycles. The van der Waals surface area contributed by atoms with Crippen molar-refractivity contribution in [3.8, 4) is 0 Å². The third kappa shape index (κ3) is 3.22. The number of aryl methyl sites for hydroxylation is 3. The molecule has 1 aliphatic carbocycles. The lowest BCUT2D eigenvalue weighted by molar-refractivity contribution is -0.0381. The summed E-state index contributed by atoms with van der Waals surface area (Å²) in [5.41, 5.74) is 4.83. The highest BCUT2D eigenvalue weighted by Gasteiger charge is 2.37. The van der Waals surface area contributed by atoms with Gasteiger partial charge in [0.2, 0.25) is 5.95 Å². The van der Waals surface area contributed by atoms with Gasteiger partial charge in [0, 0.05) is 30.1 Å². The van der Waals surface area contributed by atoms with Crippen molar-refractivity contribution in [1.29, 1.82) is 0 Å². The number of rotatable bonds is 5. The highest BCUT2D eigenvalue weighted by atomic mass is 16.3. The summed E-state index contributed by atoms with van der Waals surface area (Å²) in [4.78, 5) is 9.09. The standard InChI is InChI=1S/C21H26N6O/c1-13-12-22-20(24-18-14(2)26-27(4)15(18)3)25-19(13)23-17-9-6-5-8-16(17)21(28)10-7-11-21/h5-6,8-9,12,28H,7,10-11H2,1-4H3,(H2,22,23,24,25). The van der Waals surface area contributed by atoms with E-state index in [0.717, 1.165) is 53.2 Å². The Bertz CT molecular complexity index is 1020. The zero-order valence-electron chi connectivity index (χ0n) is 16.7. The van der Waals surface area contributed by atoms with Crippen molar-refractivity contribution in [3.63, 3.8) is 0 Å². The molecule has 146 valence electrons. The molecule has 0 aliphatic heterocycles. The van der Waals surface area contributed by atoms with Gasteiger partial charge in [0.15, 0.2) is 0 Å². The van der Waals surface area contributed by atoms with Crippen LogP contribution >= 0.6 is 0 Å². The Hall–Kier alpha value is -2.93. The van der Waals surface area contributed by atoms with Gasteiger partial charge >= 0.3 is 0 Å².